The van der Waals surface area contributed by atoms with Crippen molar-refractivity contribution in [2.45, 2.75) is 45.7 Å². The molecule has 0 saturated heterocycles. The Bertz CT molecular complexity index is 389. The van der Waals surface area contributed by atoms with Crippen LogP contribution in [0.25, 0.3) is 0 Å². The normalized spacial score (nSPS) is 22.2. The van der Waals surface area contributed by atoms with Crippen molar-refractivity contribution in [3.63, 3.8) is 0 Å². The van der Waals surface area contributed by atoms with E-state index in [2.05, 4.69) is 44.3 Å². The Morgan fingerprint density at radius 1 is 1.41 bits per heavy atom. The number of benzene rings is 1. The highest BCUT2D eigenvalue weighted by atomic mass is 16.3. The lowest BCUT2D eigenvalue weighted by atomic mass is 10.0. The van der Waals surface area contributed by atoms with E-state index in [1.807, 2.05) is 0 Å². The van der Waals surface area contributed by atoms with Crippen molar-refractivity contribution in [3.05, 3.63) is 34.9 Å². The number of fused-ring (bicyclic) bond motifs is 1. The minimum atomic E-state index is 0.252. The topological polar surface area (TPSA) is 32.3 Å². The fourth-order valence-corrected chi connectivity index (χ4v) is 2.53. The predicted molar refractivity (Wildman–Crippen MR) is 71.1 cm³/mol. The third-order valence-corrected chi connectivity index (χ3v) is 3.98. The van der Waals surface area contributed by atoms with Crippen molar-refractivity contribution in [1.82, 2.24) is 5.32 Å². The zero-order valence-corrected chi connectivity index (χ0v) is 11.0. The molecule has 2 nitrogen and oxygen atoms in total. The summed E-state index contributed by atoms with van der Waals surface area (Å²) in [5.41, 5.74) is 4.28. The van der Waals surface area contributed by atoms with Crippen LogP contribution >= 0.6 is 0 Å². The molecule has 0 aromatic heterocycles. The van der Waals surface area contributed by atoms with Crippen molar-refractivity contribution in [3.8, 4) is 0 Å². The molecule has 1 aliphatic carbocycles. The minimum Gasteiger partial charge on any atom is -0.396 e. The van der Waals surface area contributed by atoms with Gasteiger partial charge in [-0.25, -0.2) is 0 Å². The van der Waals surface area contributed by atoms with E-state index >= 15 is 0 Å². The Balaban J connectivity index is 2.09. The van der Waals surface area contributed by atoms with E-state index in [4.69, 9.17) is 0 Å². The molecular weight excluding hydrogens is 210 g/mol. The maximum Gasteiger partial charge on any atom is 0.0471 e. The SMILES string of the molecule is Cc1ccc2c(c1)C(NC(C)C(C)CO)CC2. The van der Waals surface area contributed by atoms with Crippen LogP contribution in [0.1, 0.15) is 43.0 Å². The van der Waals surface area contributed by atoms with E-state index < -0.39 is 0 Å². The molecule has 2 rings (SSSR count). The molecule has 0 saturated carbocycles. The van der Waals surface area contributed by atoms with Crippen LogP contribution < -0.4 is 5.32 Å². The first kappa shape index (κ1) is 12.6. The highest BCUT2D eigenvalue weighted by molar-refractivity contribution is 5.37. The van der Waals surface area contributed by atoms with Gasteiger partial charge in [-0.05, 0) is 43.7 Å². The molecule has 0 heterocycles. The summed E-state index contributed by atoms with van der Waals surface area (Å²) in [7, 11) is 0. The van der Waals surface area contributed by atoms with Gasteiger partial charge < -0.3 is 10.4 Å². The molecule has 3 atom stereocenters. The molecule has 0 amide bonds. The van der Waals surface area contributed by atoms with E-state index in [1.54, 1.807) is 0 Å². The second-order valence-electron chi connectivity index (χ2n) is 5.41. The van der Waals surface area contributed by atoms with Crippen LogP contribution in [-0.2, 0) is 6.42 Å². The summed E-state index contributed by atoms with van der Waals surface area (Å²) in [6, 6.07) is 7.58. The summed E-state index contributed by atoms with van der Waals surface area (Å²) < 4.78 is 0. The average Bonchev–Trinajstić information content (AvgIpc) is 2.71. The summed E-state index contributed by atoms with van der Waals surface area (Å²) >= 11 is 0. The van der Waals surface area contributed by atoms with E-state index in [9.17, 15) is 5.11 Å². The smallest absolute Gasteiger partial charge is 0.0471 e. The predicted octanol–water partition coefficient (Wildman–Crippen LogP) is 2.59. The number of hydrogen-bond acceptors (Lipinski definition) is 2. The van der Waals surface area contributed by atoms with Gasteiger partial charge in [-0.15, -0.1) is 0 Å². The third kappa shape index (κ3) is 2.70. The van der Waals surface area contributed by atoms with E-state index in [-0.39, 0.29) is 6.61 Å². The van der Waals surface area contributed by atoms with Crippen molar-refractivity contribution >= 4 is 0 Å². The molecule has 1 aromatic carbocycles. The van der Waals surface area contributed by atoms with Gasteiger partial charge in [-0.1, -0.05) is 30.7 Å². The molecule has 94 valence electrons. The van der Waals surface area contributed by atoms with E-state index in [0.717, 1.165) is 0 Å². The molecule has 3 unspecified atom stereocenters. The van der Waals surface area contributed by atoms with Crippen LogP contribution in [0.4, 0.5) is 0 Å². The van der Waals surface area contributed by atoms with Gasteiger partial charge in [0.2, 0.25) is 0 Å². The van der Waals surface area contributed by atoms with Crippen molar-refractivity contribution in [2.24, 2.45) is 5.92 Å². The summed E-state index contributed by atoms with van der Waals surface area (Å²) in [6.07, 6.45) is 2.36. The Hall–Kier alpha value is -0.860. The fourth-order valence-electron chi connectivity index (χ4n) is 2.53. The number of hydrogen-bond donors (Lipinski definition) is 2. The van der Waals surface area contributed by atoms with Gasteiger partial charge >= 0.3 is 0 Å². The first-order chi connectivity index (χ1) is 8.11. The maximum absolute atomic E-state index is 9.18. The monoisotopic (exact) mass is 233 g/mol. The maximum atomic E-state index is 9.18. The highest BCUT2D eigenvalue weighted by Crippen LogP contribution is 2.32. The quantitative estimate of drug-likeness (QED) is 0.838. The van der Waals surface area contributed by atoms with Crippen molar-refractivity contribution < 1.29 is 5.11 Å². The lowest BCUT2D eigenvalue weighted by molar-refractivity contribution is 0.200. The molecule has 0 fully saturated rings. The number of aryl methyl sites for hydroxylation is 2. The van der Waals surface area contributed by atoms with Crippen molar-refractivity contribution in [1.29, 1.82) is 0 Å². The first-order valence-electron chi connectivity index (χ1n) is 6.58. The molecule has 17 heavy (non-hydrogen) atoms. The third-order valence-electron chi connectivity index (χ3n) is 3.98. The summed E-state index contributed by atoms with van der Waals surface area (Å²) in [5.74, 6) is 0.309. The lowest BCUT2D eigenvalue weighted by Crippen LogP contribution is -2.36. The van der Waals surface area contributed by atoms with Crippen LogP contribution in [0.2, 0.25) is 0 Å². The van der Waals surface area contributed by atoms with Crippen molar-refractivity contribution in [2.75, 3.05) is 6.61 Å². The van der Waals surface area contributed by atoms with Gasteiger partial charge in [-0.3, -0.25) is 0 Å². The molecular formula is C15H23NO. The zero-order valence-electron chi connectivity index (χ0n) is 11.0. The number of aliphatic hydroxyl groups is 1. The Morgan fingerprint density at radius 3 is 2.88 bits per heavy atom. The average molecular weight is 233 g/mol. The number of aliphatic hydroxyl groups excluding tert-OH is 1. The second kappa shape index (κ2) is 5.19. The van der Waals surface area contributed by atoms with E-state index in [1.165, 1.54) is 29.5 Å². The first-order valence-corrected chi connectivity index (χ1v) is 6.58. The van der Waals surface area contributed by atoms with Gasteiger partial charge in [0.25, 0.3) is 0 Å². The minimum absolute atomic E-state index is 0.252. The fraction of sp³-hybridized carbons (Fsp3) is 0.600. The van der Waals surface area contributed by atoms with Gasteiger partial charge in [0, 0.05) is 18.7 Å². The standard InChI is InChI=1S/C15H23NO/c1-10-4-5-13-6-7-15(14(13)8-10)16-12(3)11(2)9-17/h4-5,8,11-12,15-17H,6-7,9H2,1-3H3. The van der Waals surface area contributed by atoms with Crippen LogP contribution in [0.15, 0.2) is 18.2 Å². The van der Waals surface area contributed by atoms with Crippen LogP contribution in [0.5, 0.6) is 0 Å². The molecule has 0 spiro atoms. The van der Waals surface area contributed by atoms with Crippen LogP contribution in [-0.4, -0.2) is 17.8 Å². The second-order valence-corrected chi connectivity index (χ2v) is 5.41. The van der Waals surface area contributed by atoms with Gasteiger partial charge in [0.1, 0.15) is 0 Å². The van der Waals surface area contributed by atoms with Gasteiger partial charge in [0.05, 0.1) is 0 Å². The molecule has 0 radical (unpaired) electrons. The summed E-state index contributed by atoms with van der Waals surface area (Å²) in [6.45, 7) is 6.65. The summed E-state index contributed by atoms with van der Waals surface area (Å²) in [4.78, 5) is 0. The van der Waals surface area contributed by atoms with Gasteiger partial charge in [-0.2, -0.15) is 0 Å². The molecule has 2 heteroatoms. The largest absolute Gasteiger partial charge is 0.396 e. The number of rotatable bonds is 4. The molecule has 0 bridgehead atoms. The number of nitrogens with one attached hydrogen (secondary N) is 1. The molecule has 0 aliphatic heterocycles. The van der Waals surface area contributed by atoms with Crippen LogP contribution in [0.3, 0.4) is 0 Å². The zero-order chi connectivity index (χ0) is 12.4. The van der Waals surface area contributed by atoms with Crippen LogP contribution in [0, 0.1) is 12.8 Å². The Labute approximate surface area is 104 Å². The molecule has 2 N–H and O–H groups in total. The Morgan fingerprint density at radius 2 is 2.18 bits per heavy atom. The van der Waals surface area contributed by atoms with E-state index in [0.29, 0.717) is 18.0 Å². The summed E-state index contributed by atoms with van der Waals surface area (Å²) in [5, 5.41) is 12.8. The Kier molecular flexibility index (Phi) is 3.85. The highest BCUT2D eigenvalue weighted by Gasteiger charge is 2.24. The lowest BCUT2D eigenvalue weighted by Gasteiger charge is -2.24. The molecule has 1 aromatic rings. The van der Waals surface area contributed by atoms with Gasteiger partial charge in [0.15, 0.2) is 0 Å². The molecule has 1 aliphatic rings.